The molecule has 20 heavy (non-hydrogen) atoms. The van der Waals surface area contributed by atoms with Crippen molar-refractivity contribution in [2.45, 2.75) is 32.0 Å². The summed E-state index contributed by atoms with van der Waals surface area (Å²) in [6, 6.07) is 3.68. The minimum atomic E-state index is -4.49. The van der Waals surface area contributed by atoms with Crippen LogP contribution in [0, 0.1) is 5.92 Å². The molecule has 3 nitrogen and oxygen atoms in total. The molecule has 2 atom stereocenters. The monoisotopic (exact) mass is 286 g/mol. The van der Waals surface area contributed by atoms with Gasteiger partial charge >= 0.3 is 6.18 Å². The lowest BCUT2D eigenvalue weighted by Crippen LogP contribution is -2.27. The molecule has 2 unspecified atom stereocenters. The van der Waals surface area contributed by atoms with Gasteiger partial charge in [0.15, 0.2) is 0 Å². The number of carbonyl (C=O) groups is 1. The molecule has 1 aromatic carbocycles. The van der Waals surface area contributed by atoms with Crippen molar-refractivity contribution in [2.75, 3.05) is 12.4 Å². The highest BCUT2D eigenvalue weighted by atomic mass is 19.4. The third-order valence-corrected chi connectivity index (χ3v) is 3.62. The highest BCUT2D eigenvalue weighted by molar-refractivity contribution is 5.95. The predicted molar refractivity (Wildman–Crippen MR) is 70.6 cm³/mol. The Morgan fingerprint density at radius 1 is 1.40 bits per heavy atom. The maximum Gasteiger partial charge on any atom is 0.418 e. The number of hydrogen-bond donors (Lipinski definition) is 2. The van der Waals surface area contributed by atoms with Gasteiger partial charge in [-0.3, -0.25) is 4.79 Å². The fourth-order valence-corrected chi connectivity index (χ4v) is 2.27. The summed E-state index contributed by atoms with van der Waals surface area (Å²) in [5, 5.41) is 5.25. The van der Waals surface area contributed by atoms with Gasteiger partial charge in [0.05, 0.1) is 5.56 Å². The summed E-state index contributed by atoms with van der Waals surface area (Å²) in [6.07, 6.45) is -2.61. The summed E-state index contributed by atoms with van der Waals surface area (Å²) in [6.45, 7) is 2.03. The molecule has 0 saturated heterocycles. The standard InChI is InChI=1S/C14H17F3N2O/c1-3-8-7-12(8)19-13(20)9-4-5-11(18-2)10(6-9)14(15,16)17/h4-6,8,12,18H,3,7H2,1-2H3,(H,19,20). The quantitative estimate of drug-likeness (QED) is 0.892. The van der Waals surface area contributed by atoms with Crippen molar-refractivity contribution in [3.63, 3.8) is 0 Å². The molecule has 1 fully saturated rings. The van der Waals surface area contributed by atoms with E-state index in [4.69, 9.17) is 0 Å². The Balaban J connectivity index is 2.18. The number of halogens is 3. The summed E-state index contributed by atoms with van der Waals surface area (Å²) in [4.78, 5) is 11.9. The van der Waals surface area contributed by atoms with Gasteiger partial charge < -0.3 is 10.6 Å². The van der Waals surface area contributed by atoms with Crippen molar-refractivity contribution in [1.29, 1.82) is 0 Å². The molecule has 1 amide bonds. The van der Waals surface area contributed by atoms with E-state index < -0.39 is 17.6 Å². The number of hydrogen-bond acceptors (Lipinski definition) is 2. The van der Waals surface area contributed by atoms with Gasteiger partial charge in [0.25, 0.3) is 5.91 Å². The van der Waals surface area contributed by atoms with Crippen LogP contribution < -0.4 is 10.6 Å². The van der Waals surface area contributed by atoms with Crippen molar-refractivity contribution >= 4 is 11.6 Å². The van der Waals surface area contributed by atoms with E-state index >= 15 is 0 Å². The number of carbonyl (C=O) groups excluding carboxylic acids is 1. The number of anilines is 1. The van der Waals surface area contributed by atoms with E-state index in [9.17, 15) is 18.0 Å². The van der Waals surface area contributed by atoms with Gasteiger partial charge in [0, 0.05) is 24.3 Å². The first-order valence-corrected chi connectivity index (χ1v) is 6.56. The van der Waals surface area contributed by atoms with Gasteiger partial charge in [-0.15, -0.1) is 0 Å². The zero-order valence-corrected chi connectivity index (χ0v) is 11.3. The SMILES string of the molecule is CCC1CC1NC(=O)c1ccc(NC)c(C(F)(F)F)c1. The van der Waals surface area contributed by atoms with Crippen LogP contribution in [-0.2, 0) is 6.18 Å². The van der Waals surface area contributed by atoms with Crippen LogP contribution >= 0.6 is 0 Å². The van der Waals surface area contributed by atoms with Crippen molar-refractivity contribution in [3.05, 3.63) is 29.3 Å². The van der Waals surface area contributed by atoms with Crippen LogP contribution in [0.15, 0.2) is 18.2 Å². The molecule has 0 heterocycles. The molecule has 0 aromatic heterocycles. The second-order valence-electron chi connectivity index (χ2n) is 4.99. The number of rotatable bonds is 4. The highest BCUT2D eigenvalue weighted by Gasteiger charge is 2.37. The summed E-state index contributed by atoms with van der Waals surface area (Å²) in [5.74, 6) is 0.0109. The second kappa shape index (κ2) is 5.34. The first-order valence-electron chi connectivity index (χ1n) is 6.56. The third-order valence-electron chi connectivity index (χ3n) is 3.62. The van der Waals surface area contributed by atoms with Crippen molar-refractivity contribution in [1.82, 2.24) is 5.32 Å². The van der Waals surface area contributed by atoms with Crippen LogP contribution in [0.3, 0.4) is 0 Å². The Bertz CT molecular complexity index is 514. The Morgan fingerprint density at radius 2 is 2.10 bits per heavy atom. The van der Waals surface area contributed by atoms with Crippen LogP contribution in [-0.4, -0.2) is 19.0 Å². The summed E-state index contributed by atoms with van der Waals surface area (Å²) in [5.41, 5.74) is -0.819. The molecule has 0 radical (unpaired) electrons. The van der Waals surface area contributed by atoms with Crippen LogP contribution in [0.1, 0.15) is 35.7 Å². The van der Waals surface area contributed by atoms with Gasteiger partial charge in [-0.25, -0.2) is 0 Å². The molecule has 0 spiro atoms. The van der Waals surface area contributed by atoms with Crippen LogP contribution in [0.4, 0.5) is 18.9 Å². The molecule has 6 heteroatoms. The first-order chi connectivity index (χ1) is 9.36. The van der Waals surface area contributed by atoms with Gasteiger partial charge in [0.2, 0.25) is 0 Å². The minimum absolute atomic E-state index is 0.0353. The molecule has 2 N–H and O–H groups in total. The fourth-order valence-electron chi connectivity index (χ4n) is 2.27. The maximum atomic E-state index is 12.9. The smallest absolute Gasteiger partial charge is 0.388 e. The Hall–Kier alpha value is -1.72. The van der Waals surface area contributed by atoms with Crippen molar-refractivity contribution in [3.8, 4) is 0 Å². The van der Waals surface area contributed by atoms with Gasteiger partial charge in [-0.1, -0.05) is 13.3 Å². The van der Waals surface area contributed by atoms with E-state index in [1.54, 1.807) is 0 Å². The van der Waals surface area contributed by atoms with E-state index in [1.165, 1.54) is 19.2 Å². The van der Waals surface area contributed by atoms with Crippen LogP contribution in [0.5, 0.6) is 0 Å². The maximum absolute atomic E-state index is 12.9. The fraction of sp³-hybridized carbons (Fsp3) is 0.500. The lowest BCUT2D eigenvalue weighted by atomic mass is 10.1. The van der Waals surface area contributed by atoms with Crippen molar-refractivity contribution < 1.29 is 18.0 Å². The summed E-state index contributed by atoms with van der Waals surface area (Å²) in [7, 11) is 1.42. The zero-order valence-electron chi connectivity index (χ0n) is 11.3. The van der Waals surface area contributed by atoms with Gasteiger partial charge in [0.1, 0.15) is 0 Å². The number of nitrogens with one attached hydrogen (secondary N) is 2. The molecule has 1 aromatic rings. The zero-order chi connectivity index (χ0) is 14.9. The van der Waals surface area contributed by atoms with Crippen LogP contribution in [0.2, 0.25) is 0 Å². The first kappa shape index (κ1) is 14.7. The number of benzene rings is 1. The normalized spacial score (nSPS) is 21.4. The molecule has 0 aliphatic heterocycles. The Morgan fingerprint density at radius 3 is 2.60 bits per heavy atom. The Labute approximate surface area is 115 Å². The van der Waals surface area contributed by atoms with E-state index in [0.717, 1.165) is 18.9 Å². The van der Waals surface area contributed by atoms with Gasteiger partial charge in [-0.2, -0.15) is 13.2 Å². The van der Waals surface area contributed by atoms with E-state index in [1.807, 2.05) is 6.92 Å². The minimum Gasteiger partial charge on any atom is -0.388 e. The van der Waals surface area contributed by atoms with E-state index in [0.29, 0.717) is 5.92 Å². The summed E-state index contributed by atoms with van der Waals surface area (Å²) >= 11 is 0. The van der Waals surface area contributed by atoms with E-state index in [-0.39, 0.29) is 17.3 Å². The Kier molecular flexibility index (Phi) is 3.92. The second-order valence-corrected chi connectivity index (χ2v) is 4.99. The molecule has 110 valence electrons. The molecule has 1 saturated carbocycles. The van der Waals surface area contributed by atoms with Gasteiger partial charge in [-0.05, 0) is 30.5 Å². The highest BCUT2D eigenvalue weighted by Crippen LogP contribution is 2.36. The van der Waals surface area contributed by atoms with E-state index in [2.05, 4.69) is 10.6 Å². The molecular formula is C14H17F3N2O. The molecule has 0 bridgehead atoms. The lowest BCUT2D eigenvalue weighted by molar-refractivity contribution is -0.136. The van der Waals surface area contributed by atoms with Crippen LogP contribution in [0.25, 0.3) is 0 Å². The summed E-state index contributed by atoms with van der Waals surface area (Å²) < 4.78 is 38.7. The molecule has 2 rings (SSSR count). The number of alkyl halides is 3. The largest absolute Gasteiger partial charge is 0.418 e. The molecular weight excluding hydrogens is 269 g/mol. The average Bonchev–Trinajstić information content (AvgIpc) is 3.15. The average molecular weight is 286 g/mol. The number of amides is 1. The predicted octanol–water partition coefficient (Wildman–Crippen LogP) is 3.28. The topological polar surface area (TPSA) is 41.1 Å². The molecule has 1 aliphatic carbocycles. The molecule has 1 aliphatic rings. The third kappa shape index (κ3) is 3.05. The van der Waals surface area contributed by atoms with Crippen molar-refractivity contribution in [2.24, 2.45) is 5.92 Å². The lowest BCUT2D eigenvalue weighted by Gasteiger charge is -2.14.